The van der Waals surface area contributed by atoms with Crippen molar-refractivity contribution in [1.82, 2.24) is 18.7 Å². The predicted octanol–water partition coefficient (Wildman–Crippen LogP) is 3.37. The molecule has 0 saturated heterocycles. The Bertz CT molecular complexity index is 1340. The van der Waals surface area contributed by atoms with Gasteiger partial charge in [0.05, 0.1) is 41.3 Å². The van der Waals surface area contributed by atoms with Gasteiger partial charge in [-0.1, -0.05) is 0 Å². The van der Waals surface area contributed by atoms with Crippen molar-refractivity contribution in [2.45, 2.75) is 26.4 Å². The highest BCUT2D eigenvalue weighted by atomic mass is 16.5. The van der Waals surface area contributed by atoms with Gasteiger partial charge in [0.25, 0.3) is 0 Å². The average molecular weight is 422 g/mol. The lowest BCUT2D eigenvalue weighted by Gasteiger charge is -2.10. The maximum atomic E-state index is 12.7. The SMILES string of the molecule is COCCn1c(-c2ccc3c(c2)n(C)c(=O)n3C(C)C)nc2cc(C(=O)OC)ccc21. The van der Waals surface area contributed by atoms with Crippen LogP contribution in [0.3, 0.4) is 0 Å². The third-order valence-corrected chi connectivity index (χ3v) is 5.55. The summed E-state index contributed by atoms with van der Waals surface area (Å²) in [5.74, 6) is 0.349. The molecular weight excluding hydrogens is 396 g/mol. The van der Waals surface area contributed by atoms with E-state index in [-0.39, 0.29) is 11.7 Å². The zero-order valence-corrected chi connectivity index (χ0v) is 18.4. The zero-order chi connectivity index (χ0) is 22.3. The van der Waals surface area contributed by atoms with E-state index in [2.05, 4.69) is 4.57 Å². The molecular formula is C23H26N4O4. The summed E-state index contributed by atoms with van der Waals surface area (Å²) in [6.45, 7) is 5.11. The number of aryl methyl sites for hydroxylation is 1. The van der Waals surface area contributed by atoms with Gasteiger partial charge in [0.15, 0.2) is 0 Å². The third-order valence-electron chi connectivity index (χ3n) is 5.55. The molecule has 31 heavy (non-hydrogen) atoms. The molecule has 2 aromatic carbocycles. The number of esters is 1. The highest BCUT2D eigenvalue weighted by Crippen LogP contribution is 2.29. The molecule has 0 unspecified atom stereocenters. The number of hydrogen-bond acceptors (Lipinski definition) is 5. The molecule has 4 rings (SSSR count). The molecule has 8 nitrogen and oxygen atoms in total. The van der Waals surface area contributed by atoms with Crippen LogP contribution in [-0.4, -0.2) is 45.5 Å². The molecule has 0 aliphatic carbocycles. The van der Waals surface area contributed by atoms with Crippen LogP contribution >= 0.6 is 0 Å². The molecule has 0 radical (unpaired) electrons. The Morgan fingerprint density at radius 3 is 2.48 bits per heavy atom. The molecule has 0 spiro atoms. The van der Waals surface area contributed by atoms with Gasteiger partial charge >= 0.3 is 11.7 Å². The number of imidazole rings is 2. The van der Waals surface area contributed by atoms with E-state index in [0.29, 0.717) is 24.2 Å². The number of hydrogen-bond donors (Lipinski definition) is 0. The van der Waals surface area contributed by atoms with Crippen molar-refractivity contribution in [2.75, 3.05) is 20.8 Å². The monoisotopic (exact) mass is 422 g/mol. The maximum absolute atomic E-state index is 12.7. The van der Waals surface area contributed by atoms with Crippen LogP contribution in [0.4, 0.5) is 0 Å². The predicted molar refractivity (Wildman–Crippen MR) is 120 cm³/mol. The van der Waals surface area contributed by atoms with E-state index >= 15 is 0 Å². The minimum absolute atomic E-state index is 0.0437. The van der Waals surface area contributed by atoms with E-state index < -0.39 is 5.97 Å². The van der Waals surface area contributed by atoms with Gasteiger partial charge < -0.3 is 14.0 Å². The standard InChI is InChI=1S/C23H26N4O4/c1-14(2)27-19-9-6-15(13-20(19)25(3)23(27)29)21-24-17-12-16(22(28)31-5)7-8-18(17)26(21)10-11-30-4/h6-9,12-14H,10-11H2,1-5H3. The van der Waals surface area contributed by atoms with Crippen LogP contribution in [0.1, 0.15) is 30.2 Å². The van der Waals surface area contributed by atoms with Crippen LogP contribution in [0.5, 0.6) is 0 Å². The second-order valence-corrected chi connectivity index (χ2v) is 7.78. The van der Waals surface area contributed by atoms with Crippen molar-refractivity contribution in [2.24, 2.45) is 7.05 Å². The van der Waals surface area contributed by atoms with E-state index in [1.165, 1.54) is 7.11 Å². The van der Waals surface area contributed by atoms with Crippen molar-refractivity contribution < 1.29 is 14.3 Å². The number of methoxy groups -OCH3 is 2. The second-order valence-electron chi connectivity index (χ2n) is 7.78. The molecule has 0 N–H and O–H groups in total. The number of ether oxygens (including phenoxy) is 2. The van der Waals surface area contributed by atoms with Gasteiger partial charge in [0.1, 0.15) is 5.82 Å². The molecule has 4 aromatic rings. The molecule has 0 bridgehead atoms. The summed E-state index contributed by atoms with van der Waals surface area (Å²) in [7, 11) is 4.80. The molecule has 0 amide bonds. The fourth-order valence-corrected chi connectivity index (χ4v) is 4.01. The Kier molecular flexibility index (Phi) is 5.41. The lowest BCUT2D eigenvalue weighted by atomic mass is 10.1. The first kappa shape index (κ1) is 20.9. The van der Waals surface area contributed by atoms with Gasteiger partial charge in [0, 0.05) is 32.3 Å². The summed E-state index contributed by atoms with van der Waals surface area (Å²) in [5, 5.41) is 0. The Labute approximate surface area is 179 Å². The van der Waals surface area contributed by atoms with Gasteiger partial charge in [-0.3, -0.25) is 9.13 Å². The number of aromatic nitrogens is 4. The first-order chi connectivity index (χ1) is 14.9. The van der Waals surface area contributed by atoms with Crippen LogP contribution in [0.25, 0.3) is 33.5 Å². The largest absolute Gasteiger partial charge is 0.465 e. The molecule has 0 aliphatic heterocycles. The summed E-state index contributed by atoms with van der Waals surface area (Å²) in [5.41, 5.74) is 4.62. The molecule has 0 saturated carbocycles. The second kappa shape index (κ2) is 8.03. The molecule has 162 valence electrons. The van der Waals surface area contributed by atoms with Crippen LogP contribution in [0.15, 0.2) is 41.2 Å². The van der Waals surface area contributed by atoms with Crippen molar-refractivity contribution in [3.05, 3.63) is 52.4 Å². The van der Waals surface area contributed by atoms with Gasteiger partial charge in [-0.25, -0.2) is 14.6 Å². The first-order valence-electron chi connectivity index (χ1n) is 10.2. The molecule has 0 aliphatic rings. The van der Waals surface area contributed by atoms with Gasteiger partial charge in [-0.05, 0) is 50.2 Å². The Morgan fingerprint density at radius 1 is 1.06 bits per heavy atom. The minimum Gasteiger partial charge on any atom is -0.465 e. The van der Waals surface area contributed by atoms with E-state index in [9.17, 15) is 9.59 Å². The molecule has 2 heterocycles. The summed E-state index contributed by atoms with van der Waals surface area (Å²) in [6, 6.07) is 11.3. The smallest absolute Gasteiger partial charge is 0.337 e. The highest BCUT2D eigenvalue weighted by molar-refractivity contribution is 5.94. The Balaban J connectivity index is 1.93. The lowest BCUT2D eigenvalue weighted by molar-refractivity contribution is 0.0601. The fourth-order valence-electron chi connectivity index (χ4n) is 4.01. The number of benzene rings is 2. The highest BCUT2D eigenvalue weighted by Gasteiger charge is 2.18. The van der Waals surface area contributed by atoms with Gasteiger partial charge in [-0.15, -0.1) is 0 Å². The van der Waals surface area contributed by atoms with E-state index in [4.69, 9.17) is 14.5 Å². The van der Waals surface area contributed by atoms with Crippen molar-refractivity contribution >= 4 is 28.0 Å². The summed E-state index contributed by atoms with van der Waals surface area (Å²) >= 11 is 0. The zero-order valence-electron chi connectivity index (χ0n) is 18.4. The minimum atomic E-state index is -0.402. The number of fused-ring (bicyclic) bond motifs is 2. The molecule has 0 atom stereocenters. The van der Waals surface area contributed by atoms with Crippen molar-refractivity contribution in [3.8, 4) is 11.4 Å². The first-order valence-corrected chi connectivity index (χ1v) is 10.2. The topological polar surface area (TPSA) is 80.3 Å². The molecule has 0 fully saturated rings. The summed E-state index contributed by atoms with van der Waals surface area (Å²) < 4.78 is 15.7. The lowest BCUT2D eigenvalue weighted by Crippen LogP contribution is -2.23. The van der Waals surface area contributed by atoms with Crippen molar-refractivity contribution in [3.63, 3.8) is 0 Å². The van der Waals surface area contributed by atoms with Crippen molar-refractivity contribution in [1.29, 1.82) is 0 Å². The van der Waals surface area contributed by atoms with E-state index in [1.54, 1.807) is 35.4 Å². The number of rotatable bonds is 6. The summed E-state index contributed by atoms with van der Waals surface area (Å²) in [4.78, 5) is 29.5. The molecule has 8 heteroatoms. The van der Waals surface area contributed by atoms with Crippen LogP contribution in [-0.2, 0) is 23.1 Å². The van der Waals surface area contributed by atoms with Crippen LogP contribution in [0, 0.1) is 0 Å². The fraction of sp³-hybridized carbons (Fsp3) is 0.348. The van der Waals surface area contributed by atoms with Crippen LogP contribution in [0.2, 0.25) is 0 Å². The van der Waals surface area contributed by atoms with E-state index in [0.717, 1.165) is 27.9 Å². The van der Waals surface area contributed by atoms with Gasteiger partial charge in [0.2, 0.25) is 0 Å². The molecule has 2 aromatic heterocycles. The Morgan fingerprint density at radius 2 is 1.81 bits per heavy atom. The quantitative estimate of drug-likeness (QED) is 0.445. The Hall–Kier alpha value is -3.39. The average Bonchev–Trinajstić information content (AvgIpc) is 3.25. The summed E-state index contributed by atoms with van der Waals surface area (Å²) in [6.07, 6.45) is 0. The van der Waals surface area contributed by atoms with Crippen LogP contribution < -0.4 is 5.69 Å². The van der Waals surface area contributed by atoms with E-state index in [1.807, 2.05) is 38.1 Å². The number of carbonyl (C=O) groups is 1. The third kappa shape index (κ3) is 3.42. The normalized spacial score (nSPS) is 11.7. The number of nitrogens with zero attached hydrogens (tertiary/aromatic N) is 4. The number of carbonyl (C=O) groups excluding carboxylic acids is 1. The van der Waals surface area contributed by atoms with Gasteiger partial charge in [-0.2, -0.15) is 0 Å². The maximum Gasteiger partial charge on any atom is 0.337 e.